The van der Waals surface area contributed by atoms with E-state index in [9.17, 15) is 0 Å². The summed E-state index contributed by atoms with van der Waals surface area (Å²) in [7, 11) is 0. The maximum Gasteiger partial charge on any atom is 0.142 e. The van der Waals surface area contributed by atoms with Crippen LogP contribution in [0.15, 0.2) is 58.2 Å². The Labute approximate surface area is 122 Å². The van der Waals surface area contributed by atoms with Crippen LogP contribution in [0.4, 0.5) is 0 Å². The summed E-state index contributed by atoms with van der Waals surface area (Å²) in [4.78, 5) is 5.27. The molecule has 0 aliphatic carbocycles. The van der Waals surface area contributed by atoms with Crippen molar-refractivity contribution in [2.45, 2.75) is 20.0 Å². The summed E-state index contributed by atoms with van der Waals surface area (Å²) < 4.78 is 0.954. The number of hydrogen-bond donors (Lipinski definition) is 0. The van der Waals surface area contributed by atoms with E-state index in [0.717, 1.165) is 22.0 Å². The molecule has 0 fully saturated rings. The molecule has 0 saturated heterocycles. The van der Waals surface area contributed by atoms with Gasteiger partial charge in [-0.05, 0) is 23.6 Å². The molecule has 2 nitrogen and oxygen atoms in total. The fourth-order valence-corrected chi connectivity index (χ4v) is 2.05. The molecule has 0 saturated carbocycles. The average molecular weight is 317 g/mol. The Hall–Kier alpha value is -1.61. The highest BCUT2D eigenvalue weighted by molar-refractivity contribution is 9.10. The third kappa shape index (κ3) is 4.21. The van der Waals surface area contributed by atoms with E-state index < -0.39 is 0 Å². The van der Waals surface area contributed by atoms with Crippen molar-refractivity contribution in [1.82, 2.24) is 0 Å². The number of hydrogen-bond acceptors (Lipinski definition) is 2. The summed E-state index contributed by atoms with van der Waals surface area (Å²) in [5.74, 6) is 0. The third-order valence-electron chi connectivity index (χ3n) is 2.74. The molecular formula is C16H15BrNO. The van der Waals surface area contributed by atoms with Crippen molar-refractivity contribution in [3.63, 3.8) is 0 Å². The summed E-state index contributed by atoms with van der Waals surface area (Å²) >= 11 is 3.43. The Morgan fingerprint density at radius 1 is 1.11 bits per heavy atom. The van der Waals surface area contributed by atoms with Crippen LogP contribution in [0.2, 0.25) is 0 Å². The molecule has 0 aromatic heterocycles. The van der Waals surface area contributed by atoms with Gasteiger partial charge in [0.2, 0.25) is 0 Å². The van der Waals surface area contributed by atoms with Crippen LogP contribution < -0.4 is 0 Å². The van der Waals surface area contributed by atoms with Gasteiger partial charge in [-0.15, -0.1) is 0 Å². The maximum absolute atomic E-state index is 5.27. The SMILES string of the molecule is CCc1cccc(CO/N=[C]\c2ccccc2Br)c1. The molecule has 0 aliphatic rings. The molecule has 0 aliphatic heterocycles. The van der Waals surface area contributed by atoms with Gasteiger partial charge in [0.25, 0.3) is 0 Å². The van der Waals surface area contributed by atoms with Crippen molar-refractivity contribution < 1.29 is 4.84 Å². The highest BCUT2D eigenvalue weighted by atomic mass is 79.9. The maximum atomic E-state index is 5.27. The molecule has 0 heterocycles. The molecule has 0 atom stereocenters. The molecule has 2 aromatic rings. The van der Waals surface area contributed by atoms with E-state index >= 15 is 0 Å². The fourth-order valence-electron chi connectivity index (χ4n) is 1.68. The quantitative estimate of drug-likeness (QED) is 0.590. The molecule has 2 rings (SSSR count). The molecule has 0 unspecified atom stereocenters. The smallest absolute Gasteiger partial charge is 0.142 e. The highest BCUT2D eigenvalue weighted by Crippen LogP contribution is 2.13. The van der Waals surface area contributed by atoms with Gasteiger partial charge in [-0.2, -0.15) is 0 Å². The molecule has 0 N–H and O–H groups in total. The van der Waals surface area contributed by atoms with Crippen molar-refractivity contribution in [2.24, 2.45) is 5.16 Å². The topological polar surface area (TPSA) is 21.6 Å². The van der Waals surface area contributed by atoms with Crippen LogP contribution in [0.1, 0.15) is 23.6 Å². The third-order valence-corrected chi connectivity index (χ3v) is 3.43. The molecule has 19 heavy (non-hydrogen) atoms. The van der Waals surface area contributed by atoms with E-state index in [1.165, 1.54) is 5.56 Å². The lowest BCUT2D eigenvalue weighted by Crippen LogP contribution is -1.90. The monoisotopic (exact) mass is 316 g/mol. The highest BCUT2D eigenvalue weighted by Gasteiger charge is 1.96. The van der Waals surface area contributed by atoms with Crippen LogP contribution in [0.25, 0.3) is 0 Å². The second-order valence-electron chi connectivity index (χ2n) is 4.13. The largest absolute Gasteiger partial charge is 0.390 e. The molecule has 97 valence electrons. The average Bonchev–Trinajstić information content (AvgIpc) is 2.45. The van der Waals surface area contributed by atoms with Crippen molar-refractivity contribution in [3.05, 3.63) is 69.7 Å². The van der Waals surface area contributed by atoms with Crippen LogP contribution in [0, 0.1) is 0 Å². The first-order valence-electron chi connectivity index (χ1n) is 6.20. The molecule has 3 heteroatoms. The van der Waals surface area contributed by atoms with Gasteiger partial charge < -0.3 is 4.84 Å². The van der Waals surface area contributed by atoms with E-state index in [1.54, 1.807) is 0 Å². The first kappa shape index (κ1) is 13.8. The minimum Gasteiger partial charge on any atom is -0.390 e. The first-order chi connectivity index (χ1) is 9.29. The Morgan fingerprint density at radius 3 is 2.68 bits per heavy atom. The molecule has 0 bridgehead atoms. The predicted octanol–water partition coefficient (Wildman–Crippen LogP) is 4.44. The van der Waals surface area contributed by atoms with Crippen molar-refractivity contribution in [1.29, 1.82) is 0 Å². The number of halogens is 1. The van der Waals surface area contributed by atoms with Crippen molar-refractivity contribution >= 4 is 22.1 Å². The second-order valence-corrected chi connectivity index (χ2v) is 4.98. The zero-order chi connectivity index (χ0) is 13.5. The summed E-state index contributed by atoms with van der Waals surface area (Å²) in [5.41, 5.74) is 3.31. The van der Waals surface area contributed by atoms with E-state index in [0.29, 0.717) is 6.61 Å². The minimum atomic E-state index is 0.464. The first-order valence-corrected chi connectivity index (χ1v) is 6.99. The van der Waals surface area contributed by atoms with E-state index in [-0.39, 0.29) is 0 Å². The summed E-state index contributed by atoms with van der Waals surface area (Å²) in [6.45, 7) is 2.60. The van der Waals surface area contributed by atoms with E-state index in [2.05, 4.69) is 46.4 Å². The Kier molecular flexibility index (Phi) is 5.16. The van der Waals surface area contributed by atoms with Crippen LogP contribution in [-0.4, -0.2) is 6.21 Å². The molecule has 0 amide bonds. The Bertz CT molecular complexity index is 566. The fraction of sp³-hybridized carbons (Fsp3) is 0.188. The van der Waals surface area contributed by atoms with E-state index in [4.69, 9.17) is 4.84 Å². The van der Waals surface area contributed by atoms with Gasteiger partial charge in [0.1, 0.15) is 12.8 Å². The molecular weight excluding hydrogens is 302 g/mol. The zero-order valence-electron chi connectivity index (χ0n) is 10.8. The van der Waals surface area contributed by atoms with Crippen molar-refractivity contribution in [2.75, 3.05) is 0 Å². The lowest BCUT2D eigenvalue weighted by atomic mass is 10.1. The molecule has 1 radical (unpaired) electrons. The summed E-state index contributed by atoms with van der Waals surface area (Å²) in [6.07, 6.45) is 3.90. The van der Waals surface area contributed by atoms with Crippen LogP contribution in [-0.2, 0) is 17.9 Å². The van der Waals surface area contributed by atoms with E-state index in [1.807, 2.05) is 36.4 Å². The Morgan fingerprint density at radius 2 is 1.89 bits per heavy atom. The number of nitrogens with zero attached hydrogens (tertiary/aromatic N) is 1. The van der Waals surface area contributed by atoms with Gasteiger partial charge in [-0.1, -0.05) is 70.5 Å². The van der Waals surface area contributed by atoms with Gasteiger partial charge in [0.15, 0.2) is 0 Å². The van der Waals surface area contributed by atoms with Crippen LogP contribution in [0.5, 0.6) is 0 Å². The Balaban J connectivity index is 1.91. The van der Waals surface area contributed by atoms with Gasteiger partial charge in [-0.25, -0.2) is 0 Å². The number of aryl methyl sites for hydroxylation is 1. The predicted molar refractivity (Wildman–Crippen MR) is 81.3 cm³/mol. The van der Waals surface area contributed by atoms with Gasteiger partial charge in [0.05, 0.1) is 0 Å². The standard InChI is InChI=1S/C16H15BrNO/c1-2-13-6-5-7-14(10-13)12-19-18-11-15-8-3-4-9-16(15)17/h3-10H,2,12H2,1H3. The van der Waals surface area contributed by atoms with Crippen LogP contribution in [0.3, 0.4) is 0 Å². The van der Waals surface area contributed by atoms with Crippen molar-refractivity contribution in [3.8, 4) is 0 Å². The van der Waals surface area contributed by atoms with Gasteiger partial charge in [0, 0.05) is 10.0 Å². The normalized spacial score (nSPS) is 10.8. The lowest BCUT2D eigenvalue weighted by molar-refractivity contribution is 0.132. The van der Waals surface area contributed by atoms with Crippen LogP contribution >= 0.6 is 15.9 Å². The number of rotatable bonds is 5. The minimum absolute atomic E-state index is 0.464. The summed E-state index contributed by atoms with van der Waals surface area (Å²) in [6, 6.07) is 16.1. The van der Waals surface area contributed by atoms with Gasteiger partial charge in [-0.3, -0.25) is 0 Å². The number of benzene rings is 2. The second kappa shape index (κ2) is 7.10. The molecule has 0 spiro atoms. The van der Waals surface area contributed by atoms with Gasteiger partial charge >= 0.3 is 0 Å². The zero-order valence-corrected chi connectivity index (χ0v) is 12.4. The molecule has 2 aromatic carbocycles. The lowest BCUT2D eigenvalue weighted by Gasteiger charge is -2.02. The summed E-state index contributed by atoms with van der Waals surface area (Å²) in [5, 5.41) is 3.87.